The minimum absolute atomic E-state index is 0.0364. The van der Waals surface area contributed by atoms with E-state index in [1.54, 1.807) is 13.2 Å². The van der Waals surface area contributed by atoms with Crippen LogP contribution >= 0.6 is 0 Å². The fourth-order valence-electron chi connectivity index (χ4n) is 4.40. The van der Waals surface area contributed by atoms with Crippen LogP contribution in [0.5, 0.6) is 5.75 Å². The molecule has 1 aromatic heterocycles. The Balaban J connectivity index is 1.40. The summed E-state index contributed by atoms with van der Waals surface area (Å²) in [4.78, 5) is 11.3. The molecule has 2 N–H and O–H groups in total. The number of amides is 1. The number of hydrogen-bond donors (Lipinski definition) is 1. The first-order valence-electron chi connectivity index (χ1n) is 10.7. The highest BCUT2D eigenvalue weighted by Crippen LogP contribution is 2.30. The van der Waals surface area contributed by atoms with E-state index in [1.165, 1.54) is 0 Å². The molecule has 0 saturated carbocycles. The third-order valence-corrected chi connectivity index (χ3v) is 8.05. The molecular formula is C21H30N4O4S. The fraction of sp³-hybridized carbons (Fsp3) is 0.571. The third kappa shape index (κ3) is 4.48. The number of nitrogens with two attached hydrogens (primary N) is 1. The molecule has 2 aliphatic rings. The molecular weight excluding hydrogens is 404 g/mol. The molecule has 2 fully saturated rings. The Morgan fingerprint density at radius 1 is 1.00 bits per heavy atom. The van der Waals surface area contributed by atoms with Crippen molar-refractivity contribution in [1.82, 2.24) is 13.2 Å². The van der Waals surface area contributed by atoms with Gasteiger partial charge in [-0.2, -0.15) is 17.0 Å². The van der Waals surface area contributed by atoms with E-state index in [2.05, 4.69) is 0 Å². The topological polar surface area (TPSA) is 97.9 Å². The highest BCUT2D eigenvalue weighted by Gasteiger charge is 2.33. The largest absolute Gasteiger partial charge is 0.490 e. The molecule has 2 aromatic rings. The lowest BCUT2D eigenvalue weighted by atomic mass is 10.1. The SMILES string of the molecule is NC(=O)Cn1ccc2c(OC3CCN(S(=O)(=O)N4CCCCCC4)CC3)cccc21. The summed E-state index contributed by atoms with van der Waals surface area (Å²) in [6.45, 7) is 2.33. The standard InChI is InChI=1S/C21H30N4O4S/c22-21(26)16-23-13-10-18-19(23)6-5-7-20(18)29-17-8-14-25(15-9-17)30(27,28)24-11-3-1-2-4-12-24/h5-7,10,13,17H,1-4,8-9,11-12,14-16H2,(H2,22,26). The van der Waals surface area contributed by atoms with E-state index in [0.29, 0.717) is 39.0 Å². The van der Waals surface area contributed by atoms with Crippen LogP contribution in [0.2, 0.25) is 0 Å². The Hall–Kier alpha value is -2.10. The lowest BCUT2D eigenvalue weighted by molar-refractivity contribution is -0.118. The van der Waals surface area contributed by atoms with Crippen LogP contribution in [-0.4, -0.2) is 59.8 Å². The van der Waals surface area contributed by atoms with Gasteiger partial charge in [0.2, 0.25) is 5.91 Å². The summed E-state index contributed by atoms with van der Waals surface area (Å²) < 4.78 is 37.3. The zero-order valence-electron chi connectivity index (χ0n) is 17.2. The van der Waals surface area contributed by atoms with Crippen molar-refractivity contribution < 1.29 is 17.9 Å². The molecule has 1 amide bonds. The van der Waals surface area contributed by atoms with Gasteiger partial charge in [-0.15, -0.1) is 0 Å². The smallest absolute Gasteiger partial charge is 0.281 e. The number of rotatable bonds is 6. The van der Waals surface area contributed by atoms with Crippen LogP contribution in [0.1, 0.15) is 38.5 Å². The number of aromatic nitrogens is 1. The van der Waals surface area contributed by atoms with E-state index in [1.807, 2.05) is 30.5 Å². The lowest BCUT2D eigenvalue weighted by Crippen LogP contribution is -2.48. The van der Waals surface area contributed by atoms with Gasteiger partial charge in [0, 0.05) is 37.8 Å². The van der Waals surface area contributed by atoms with E-state index in [-0.39, 0.29) is 12.6 Å². The summed E-state index contributed by atoms with van der Waals surface area (Å²) in [5, 5.41) is 0.929. The van der Waals surface area contributed by atoms with Crippen molar-refractivity contribution in [3.63, 3.8) is 0 Å². The molecule has 0 aliphatic carbocycles. The Labute approximate surface area is 177 Å². The second-order valence-corrected chi connectivity index (χ2v) is 10.1. The monoisotopic (exact) mass is 434 g/mol. The quantitative estimate of drug-likeness (QED) is 0.753. The molecule has 30 heavy (non-hydrogen) atoms. The predicted molar refractivity (Wildman–Crippen MR) is 115 cm³/mol. The summed E-state index contributed by atoms with van der Waals surface area (Å²) in [7, 11) is -3.38. The number of fused-ring (bicyclic) bond motifs is 1. The zero-order valence-corrected chi connectivity index (χ0v) is 18.0. The van der Waals surface area contributed by atoms with Crippen LogP contribution in [0.15, 0.2) is 30.5 Å². The molecule has 9 heteroatoms. The first kappa shape index (κ1) is 21.1. The minimum atomic E-state index is -3.38. The van der Waals surface area contributed by atoms with Gasteiger partial charge in [-0.3, -0.25) is 4.79 Å². The molecule has 164 valence electrons. The molecule has 1 aromatic carbocycles. The lowest BCUT2D eigenvalue weighted by Gasteiger charge is -2.34. The van der Waals surface area contributed by atoms with Crippen molar-refractivity contribution in [1.29, 1.82) is 0 Å². The molecule has 3 heterocycles. The molecule has 0 spiro atoms. The second-order valence-electron chi connectivity index (χ2n) is 8.14. The third-order valence-electron chi connectivity index (χ3n) is 6.01. The first-order chi connectivity index (χ1) is 14.4. The summed E-state index contributed by atoms with van der Waals surface area (Å²) >= 11 is 0. The van der Waals surface area contributed by atoms with E-state index >= 15 is 0 Å². The second kappa shape index (κ2) is 8.95. The average Bonchev–Trinajstić information content (AvgIpc) is 2.94. The Morgan fingerprint density at radius 3 is 2.33 bits per heavy atom. The number of carbonyl (C=O) groups is 1. The van der Waals surface area contributed by atoms with Crippen LogP contribution in [0.25, 0.3) is 10.9 Å². The van der Waals surface area contributed by atoms with Gasteiger partial charge in [-0.25, -0.2) is 0 Å². The van der Waals surface area contributed by atoms with E-state index in [9.17, 15) is 13.2 Å². The molecule has 0 unspecified atom stereocenters. The summed E-state index contributed by atoms with van der Waals surface area (Å²) in [5.41, 5.74) is 6.22. The number of ether oxygens (including phenoxy) is 1. The van der Waals surface area contributed by atoms with Gasteiger partial charge < -0.3 is 15.0 Å². The number of benzene rings is 1. The van der Waals surface area contributed by atoms with Crippen molar-refractivity contribution >= 4 is 27.0 Å². The number of piperidine rings is 1. The zero-order chi connectivity index (χ0) is 21.1. The van der Waals surface area contributed by atoms with E-state index in [0.717, 1.165) is 42.3 Å². The van der Waals surface area contributed by atoms with Crippen molar-refractivity contribution in [3.8, 4) is 5.75 Å². The van der Waals surface area contributed by atoms with Gasteiger partial charge >= 0.3 is 0 Å². The van der Waals surface area contributed by atoms with E-state index in [4.69, 9.17) is 10.5 Å². The highest BCUT2D eigenvalue weighted by molar-refractivity contribution is 7.86. The summed E-state index contributed by atoms with van der Waals surface area (Å²) in [6, 6.07) is 7.67. The molecule has 0 bridgehead atoms. The van der Waals surface area contributed by atoms with Crippen LogP contribution in [0.4, 0.5) is 0 Å². The molecule has 4 rings (SSSR count). The van der Waals surface area contributed by atoms with Crippen molar-refractivity contribution in [2.24, 2.45) is 5.73 Å². The van der Waals surface area contributed by atoms with Gasteiger partial charge in [0.15, 0.2) is 0 Å². The van der Waals surface area contributed by atoms with Crippen molar-refractivity contribution in [2.75, 3.05) is 26.2 Å². The Kier molecular flexibility index (Phi) is 6.31. The van der Waals surface area contributed by atoms with E-state index < -0.39 is 16.1 Å². The molecule has 2 aliphatic heterocycles. The molecule has 8 nitrogen and oxygen atoms in total. The number of nitrogens with zero attached hydrogens (tertiary/aromatic N) is 3. The first-order valence-corrected chi connectivity index (χ1v) is 12.1. The van der Waals surface area contributed by atoms with Gasteiger partial charge in [-0.1, -0.05) is 18.9 Å². The van der Waals surface area contributed by atoms with Crippen LogP contribution in [0.3, 0.4) is 0 Å². The number of hydrogen-bond acceptors (Lipinski definition) is 4. The maximum Gasteiger partial charge on any atom is 0.281 e. The number of primary amides is 1. The van der Waals surface area contributed by atoms with Gasteiger partial charge in [-0.05, 0) is 43.9 Å². The highest BCUT2D eigenvalue weighted by atomic mass is 32.2. The predicted octanol–water partition coefficient (Wildman–Crippen LogP) is 2.09. The molecule has 2 saturated heterocycles. The maximum atomic E-state index is 13.0. The Morgan fingerprint density at radius 2 is 1.67 bits per heavy atom. The maximum absolute atomic E-state index is 13.0. The number of carbonyl (C=O) groups excluding carboxylic acids is 1. The van der Waals surface area contributed by atoms with Gasteiger partial charge in [0.1, 0.15) is 18.4 Å². The summed E-state index contributed by atoms with van der Waals surface area (Å²) in [6.07, 6.45) is 7.21. The summed E-state index contributed by atoms with van der Waals surface area (Å²) in [5.74, 6) is 0.362. The van der Waals surface area contributed by atoms with Crippen LogP contribution in [-0.2, 0) is 21.5 Å². The Bertz CT molecular complexity index is 988. The minimum Gasteiger partial charge on any atom is -0.490 e. The van der Waals surface area contributed by atoms with Gasteiger partial charge in [0.25, 0.3) is 10.2 Å². The van der Waals surface area contributed by atoms with Gasteiger partial charge in [0.05, 0.1) is 5.52 Å². The van der Waals surface area contributed by atoms with Crippen molar-refractivity contribution in [2.45, 2.75) is 51.2 Å². The molecule has 0 radical (unpaired) electrons. The normalized spacial score (nSPS) is 20.3. The molecule has 0 atom stereocenters. The average molecular weight is 435 g/mol. The fourth-order valence-corrected chi connectivity index (χ4v) is 6.12. The van der Waals surface area contributed by atoms with Crippen molar-refractivity contribution in [3.05, 3.63) is 30.5 Å². The van der Waals surface area contributed by atoms with Crippen LogP contribution in [0, 0.1) is 0 Å². The van der Waals surface area contributed by atoms with Crippen LogP contribution < -0.4 is 10.5 Å².